The summed E-state index contributed by atoms with van der Waals surface area (Å²) in [5, 5.41) is 12.0. The van der Waals surface area contributed by atoms with Crippen molar-refractivity contribution >= 4 is 5.91 Å². The van der Waals surface area contributed by atoms with Crippen molar-refractivity contribution in [2.75, 3.05) is 6.61 Å². The first kappa shape index (κ1) is 16.6. The average Bonchev–Trinajstić information content (AvgIpc) is 2.38. The van der Waals surface area contributed by atoms with Crippen LogP contribution in [0.15, 0.2) is 24.3 Å². The van der Waals surface area contributed by atoms with Crippen LogP contribution < -0.4 is 5.32 Å². The van der Waals surface area contributed by atoms with E-state index in [2.05, 4.69) is 5.32 Å². The summed E-state index contributed by atoms with van der Waals surface area (Å²) < 4.78 is 13.9. The van der Waals surface area contributed by atoms with E-state index in [1.807, 2.05) is 13.8 Å². The van der Waals surface area contributed by atoms with Gasteiger partial charge >= 0.3 is 0 Å². The van der Waals surface area contributed by atoms with Gasteiger partial charge < -0.3 is 10.4 Å². The van der Waals surface area contributed by atoms with Crippen molar-refractivity contribution in [1.29, 1.82) is 0 Å². The molecule has 112 valence electrons. The number of aliphatic hydroxyl groups is 1. The van der Waals surface area contributed by atoms with Gasteiger partial charge in [0.25, 0.3) is 0 Å². The van der Waals surface area contributed by atoms with Crippen LogP contribution in [0.3, 0.4) is 0 Å². The van der Waals surface area contributed by atoms with E-state index in [-0.39, 0.29) is 30.3 Å². The molecule has 0 aliphatic rings. The third-order valence-corrected chi connectivity index (χ3v) is 3.68. The summed E-state index contributed by atoms with van der Waals surface area (Å²) in [7, 11) is 0. The predicted molar refractivity (Wildman–Crippen MR) is 77.9 cm³/mol. The largest absolute Gasteiger partial charge is 0.396 e. The number of benzene rings is 1. The number of rotatable bonds is 6. The molecule has 0 radical (unpaired) electrons. The molecule has 1 aromatic carbocycles. The van der Waals surface area contributed by atoms with E-state index >= 15 is 0 Å². The number of hydrogen-bond acceptors (Lipinski definition) is 2. The lowest BCUT2D eigenvalue weighted by Gasteiger charge is -2.29. The minimum absolute atomic E-state index is 0.0171. The molecule has 20 heavy (non-hydrogen) atoms. The van der Waals surface area contributed by atoms with E-state index in [9.17, 15) is 9.18 Å². The Morgan fingerprint density at radius 3 is 2.45 bits per heavy atom. The lowest BCUT2D eigenvalue weighted by atomic mass is 9.82. The second-order valence-electron chi connectivity index (χ2n) is 5.94. The van der Waals surface area contributed by atoms with E-state index < -0.39 is 5.41 Å². The summed E-state index contributed by atoms with van der Waals surface area (Å²) in [6.07, 6.45) is 0.497. The summed E-state index contributed by atoms with van der Waals surface area (Å²) in [6, 6.07) is 6.21. The molecule has 0 aliphatic heterocycles. The lowest BCUT2D eigenvalue weighted by Crippen LogP contribution is -2.47. The van der Waals surface area contributed by atoms with Crippen molar-refractivity contribution < 1.29 is 14.3 Å². The molecule has 0 fully saturated rings. The van der Waals surface area contributed by atoms with Gasteiger partial charge in [-0.2, -0.15) is 0 Å². The Hall–Kier alpha value is -1.42. The molecule has 0 aliphatic carbocycles. The van der Waals surface area contributed by atoms with Crippen LogP contribution in [0.5, 0.6) is 0 Å². The topological polar surface area (TPSA) is 49.3 Å². The minimum atomic E-state index is -0.950. The molecule has 0 aromatic heterocycles. The van der Waals surface area contributed by atoms with Crippen molar-refractivity contribution in [3.8, 4) is 0 Å². The van der Waals surface area contributed by atoms with Crippen LogP contribution in [0.25, 0.3) is 0 Å². The summed E-state index contributed by atoms with van der Waals surface area (Å²) in [4.78, 5) is 12.4. The zero-order valence-electron chi connectivity index (χ0n) is 12.6. The quantitative estimate of drug-likeness (QED) is 0.842. The van der Waals surface area contributed by atoms with Crippen LogP contribution in [0.4, 0.5) is 4.39 Å². The molecule has 3 nitrogen and oxygen atoms in total. The molecule has 0 spiro atoms. The third kappa shape index (κ3) is 3.79. The van der Waals surface area contributed by atoms with Gasteiger partial charge in [-0.15, -0.1) is 0 Å². The molecular formula is C16H24FNO2. The molecule has 0 saturated heterocycles. The second-order valence-corrected chi connectivity index (χ2v) is 5.94. The fraction of sp³-hybridized carbons (Fsp3) is 0.562. The van der Waals surface area contributed by atoms with Crippen LogP contribution >= 0.6 is 0 Å². The van der Waals surface area contributed by atoms with Crippen LogP contribution in [0.1, 0.15) is 39.7 Å². The first-order valence-corrected chi connectivity index (χ1v) is 6.97. The summed E-state index contributed by atoms with van der Waals surface area (Å²) >= 11 is 0. The number of aliphatic hydroxyl groups excluding tert-OH is 1. The van der Waals surface area contributed by atoms with Gasteiger partial charge in [-0.1, -0.05) is 32.0 Å². The zero-order chi connectivity index (χ0) is 15.3. The highest BCUT2D eigenvalue weighted by Gasteiger charge is 2.33. The first-order valence-electron chi connectivity index (χ1n) is 6.97. The van der Waals surface area contributed by atoms with Crippen molar-refractivity contribution in [3.63, 3.8) is 0 Å². The SMILES string of the molecule is CC(C)C(CCO)NC(=O)C(C)(C)c1ccccc1F. The van der Waals surface area contributed by atoms with E-state index in [4.69, 9.17) is 5.11 Å². The highest BCUT2D eigenvalue weighted by atomic mass is 19.1. The highest BCUT2D eigenvalue weighted by Crippen LogP contribution is 2.26. The van der Waals surface area contributed by atoms with Gasteiger partial charge in [0.05, 0.1) is 5.41 Å². The third-order valence-electron chi connectivity index (χ3n) is 3.68. The number of amides is 1. The van der Waals surface area contributed by atoms with Crippen LogP contribution in [0, 0.1) is 11.7 Å². The number of carbonyl (C=O) groups is 1. The van der Waals surface area contributed by atoms with Gasteiger partial charge in [0, 0.05) is 18.2 Å². The average molecular weight is 281 g/mol. The molecule has 1 aromatic rings. The van der Waals surface area contributed by atoms with Gasteiger partial charge in [-0.25, -0.2) is 4.39 Å². The summed E-state index contributed by atoms with van der Waals surface area (Å²) in [5.74, 6) is -0.395. The van der Waals surface area contributed by atoms with Crippen LogP contribution in [-0.2, 0) is 10.2 Å². The standard InChI is InChI=1S/C16H24FNO2/c1-11(2)14(9-10-19)18-15(20)16(3,4)12-7-5-6-8-13(12)17/h5-8,11,14,19H,9-10H2,1-4H3,(H,18,20). The molecule has 0 saturated carbocycles. The van der Waals surface area contributed by atoms with Crippen molar-refractivity contribution in [3.05, 3.63) is 35.6 Å². The molecule has 0 bridgehead atoms. The molecule has 4 heteroatoms. The van der Waals surface area contributed by atoms with Gasteiger partial charge in [0.15, 0.2) is 0 Å². The Labute approximate surface area is 120 Å². The van der Waals surface area contributed by atoms with Crippen molar-refractivity contribution in [2.45, 2.75) is 45.6 Å². The molecule has 1 atom stereocenters. The summed E-state index contributed by atoms with van der Waals surface area (Å²) in [6.45, 7) is 7.39. The van der Waals surface area contributed by atoms with Crippen LogP contribution in [-0.4, -0.2) is 23.7 Å². The lowest BCUT2D eigenvalue weighted by molar-refractivity contribution is -0.126. The maximum Gasteiger partial charge on any atom is 0.230 e. The first-order chi connectivity index (χ1) is 9.30. The molecule has 1 unspecified atom stereocenters. The molecule has 1 rings (SSSR count). The fourth-order valence-corrected chi connectivity index (χ4v) is 2.15. The molecular weight excluding hydrogens is 257 g/mol. The van der Waals surface area contributed by atoms with E-state index in [1.54, 1.807) is 32.0 Å². The number of carbonyl (C=O) groups excluding carboxylic acids is 1. The maximum absolute atomic E-state index is 13.9. The second kappa shape index (κ2) is 6.84. The van der Waals surface area contributed by atoms with Gasteiger partial charge in [0.1, 0.15) is 5.82 Å². The Bertz CT molecular complexity index is 458. The zero-order valence-corrected chi connectivity index (χ0v) is 12.6. The Morgan fingerprint density at radius 1 is 1.35 bits per heavy atom. The highest BCUT2D eigenvalue weighted by molar-refractivity contribution is 5.87. The maximum atomic E-state index is 13.9. The van der Waals surface area contributed by atoms with E-state index in [0.29, 0.717) is 12.0 Å². The van der Waals surface area contributed by atoms with E-state index in [0.717, 1.165) is 0 Å². The molecule has 0 heterocycles. The van der Waals surface area contributed by atoms with Crippen molar-refractivity contribution in [2.24, 2.45) is 5.92 Å². The van der Waals surface area contributed by atoms with Gasteiger partial charge in [-0.3, -0.25) is 4.79 Å². The fourth-order valence-electron chi connectivity index (χ4n) is 2.15. The Morgan fingerprint density at radius 2 is 1.95 bits per heavy atom. The van der Waals surface area contributed by atoms with Gasteiger partial charge in [-0.05, 0) is 32.3 Å². The smallest absolute Gasteiger partial charge is 0.230 e. The number of halogens is 1. The van der Waals surface area contributed by atoms with Crippen molar-refractivity contribution in [1.82, 2.24) is 5.32 Å². The number of nitrogens with one attached hydrogen (secondary N) is 1. The normalized spacial score (nSPS) is 13.3. The molecule has 1 amide bonds. The molecule has 2 N–H and O–H groups in total. The Balaban J connectivity index is 2.92. The summed E-state index contributed by atoms with van der Waals surface area (Å²) in [5.41, 5.74) is -0.572. The minimum Gasteiger partial charge on any atom is -0.396 e. The van der Waals surface area contributed by atoms with E-state index in [1.165, 1.54) is 6.07 Å². The number of hydrogen-bond donors (Lipinski definition) is 2. The monoisotopic (exact) mass is 281 g/mol. The van der Waals surface area contributed by atoms with Gasteiger partial charge in [0.2, 0.25) is 5.91 Å². The van der Waals surface area contributed by atoms with Crippen LogP contribution in [0.2, 0.25) is 0 Å². The predicted octanol–water partition coefficient (Wildman–Crippen LogP) is 2.63. The Kier molecular flexibility index (Phi) is 5.69.